The van der Waals surface area contributed by atoms with Gasteiger partial charge in [0.25, 0.3) is 0 Å². The zero-order valence-electron chi connectivity index (χ0n) is 10.7. The molecule has 2 atom stereocenters. The lowest BCUT2D eigenvalue weighted by molar-refractivity contribution is -0.152. The van der Waals surface area contributed by atoms with Crippen molar-refractivity contribution in [2.75, 3.05) is 0 Å². The second-order valence-electron chi connectivity index (χ2n) is 5.71. The van der Waals surface area contributed by atoms with Gasteiger partial charge in [-0.3, -0.25) is 0 Å². The molecule has 0 amide bonds. The predicted molar refractivity (Wildman–Crippen MR) is 67.1 cm³/mol. The van der Waals surface area contributed by atoms with Crippen molar-refractivity contribution in [3.63, 3.8) is 0 Å². The molecule has 0 radical (unpaired) electrons. The standard InChI is InChI=1S/C15H19FO2/c1-10-8-11(16)4-5-12(10)18-14-9-13(17)15(14)6-2-3-7-15/h4-5,8,13-14,17H,2-3,6-7,9H2,1H3. The Morgan fingerprint density at radius 3 is 2.67 bits per heavy atom. The molecule has 18 heavy (non-hydrogen) atoms. The van der Waals surface area contributed by atoms with Crippen molar-refractivity contribution in [3.05, 3.63) is 29.6 Å². The van der Waals surface area contributed by atoms with Crippen molar-refractivity contribution in [2.24, 2.45) is 5.41 Å². The summed E-state index contributed by atoms with van der Waals surface area (Å²) in [6.07, 6.45) is 5.05. The molecule has 2 unspecified atom stereocenters. The molecule has 2 aliphatic carbocycles. The number of aliphatic hydroxyl groups is 1. The Bertz CT molecular complexity index is 452. The van der Waals surface area contributed by atoms with Crippen molar-refractivity contribution >= 4 is 0 Å². The van der Waals surface area contributed by atoms with E-state index in [0.29, 0.717) is 6.42 Å². The van der Waals surface area contributed by atoms with E-state index >= 15 is 0 Å². The van der Waals surface area contributed by atoms with Gasteiger partial charge in [0, 0.05) is 11.8 Å². The SMILES string of the molecule is Cc1cc(F)ccc1OC1CC(O)C12CCCC2. The highest BCUT2D eigenvalue weighted by atomic mass is 19.1. The van der Waals surface area contributed by atoms with Crippen molar-refractivity contribution in [2.45, 2.75) is 51.2 Å². The lowest BCUT2D eigenvalue weighted by Gasteiger charge is -2.51. The van der Waals surface area contributed by atoms with E-state index in [4.69, 9.17) is 4.74 Å². The zero-order valence-corrected chi connectivity index (χ0v) is 10.7. The van der Waals surface area contributed by atoms with Crippen LogP contribution in [0.4, 0.5) is 4.39 Å². The molecule has 0 saturated heterocycles. The summed E-state index contributed by atoms with van der Waals surface area (Å²) in [6.45, 7) is 1.86. The topological polar surface area (TPSA) is 29.5 Å². The van der Waals surface area contributed by atoms with Crippen LogP contribution in [0.1, 0.15) is 37.7 Å². The van der Waals surface area contributed by atoms with Crippen molar-refractivity contribution < 1.29 is 14.2 Å². The van der Waals surface area contributed by atoms with Crippen molar-refractivity contribution in [1.29, 1.82) is 0 Å². The van der Waals surface area contributed by atoms with Gasteiger partial charge in [-0.15, -0.1) is 0 Å². The maximum Gasteiger partial charge on any atom is 0.123 e. The van der Waals surface area contributed by atoms with Crippen LogP contribution in [-0.2, 0) is 0 Å². The van der Waals surface area contributed by atoms with Crippen LogP contribution in [0.25, 0.3) is 0 Å². The molecule has 2 saturated carbocycles. The van der Waals surface area contributed by atoms with Gasteiger partial charge in [0.05, 0.1) is 6.10 Å². The number of ether oxygens (including phenoxy) is 1. The highest BCUT2D eigenvalue weighted by molar-refractivity contribution is 5.33. The molecule has 2 nitrogen and oxygen atoms in total. The maximum absolute atomic E-state index is 13.0. The molecule has 2 aliphatic rings. The molecule has 3 heteroatoms. The van der Waals surface area contributed by atoms with Gasteiger partial charge in [0.1, 0.15) is 17.7 Å². The minimum absolute atomic E-state index is 0.0270. The lowest BCUT2D eigenvalue weighted by Crippen LogP contribution is -2.58. The third-order valence-corrected chi connectivity index (χ3v) is 4.68. The molecule has 1 N–H and O–H groups in total. The molecular formula is C15H19FO2. The highest BCUT2D eigenvalue weighted by Crippen LogP contribution is 2.54. The van der Waals surface area contributed by atoms with Gasteiger partial charge in [0.2, 0.25) is 0 Å². The Balaban J connectivity index is 1.77. The summed E-state index contributed by atoms with van der Waals surface area (Å²) in [6, 6.07) is 4.61. The molecule has 1 aromatic carbocycles. The number of aliphatic hydroxyl groups excluding tert-OH is 1. The monoisotopic (exact) mass is 250 g/mol. The van der Waals surface area contributed by atoms with Crippen LogP contribution in [0, 0.1) is 18.2 Å². The second kappa shape index (κ2) is 4.23. The minimum Gasteiger partial charge on any atom is -0.489 e. The summed E-state index contributed by atoms with van der Waals surface area (Å²) >= 11 is 0. The quantitative estimate of drug-likeness (QED) is 0.873. The molecule has 1 spiro atoms. The van der Waals surface area contributed by atoms with Gasteiger partial charge in [0.15, 0.2) is 0 Å². The van der Waals surface area contributed by atoms with E-state index in [1.54, 1.807) is 6.07 Å². The number of halogens is 1. The van der Waals surface area contributed by atoms with Gasteiger partial charge in [-0.25, -0.2) is 4.39 Å². The van der Waals surface area contributed by atoms with Crippen molar-refractivity contribution in [1.82, 2.24) is 0 Å². The van der Waals surface area contributed by atoms with Crippen molar-refractivity contribution in [3.8, 4) is 5.75 Å². The Morgan fingerprint density at radius 2 is 2.06 bits per heavy atom. The van der Waals surface area contributed by atoms with E-state index < -0.39 is 0 Å². The number of benzene rings is 1. The fourth-order valence-electron chi connectivity index (χ4n) is 3.48. The van der Waals surface area contributed by atoms with E-state index in [2.05, 4.69) is 0 Å². The fraction of sp³-hybridized carbons (Fsp3) is 0.600. The van der Waals surface area contributed by atoms with E-state index in [0.717, 1.165) is 24.2 Å². The third-order valence-electron chi connectivity index (χ3n) is 4.68. The fourth-order valence-corrected chi connectivity index (χ4v) is 3.48. The highest BCUT2D eigenvalue weighted by Gasteiger charge is 2.57. The predicted octanol–water partition coefficient (Wildman–Crippen LogP) is 3.21. The molecular weight excluding hydrogens is 231 g/mol. The van der Waals surface area contributed by atoms with Crippen LogP contribution < -0.4 is 4.74 Å². The number of aryl methyl sites for hydroxylation is 1. The molecule has 0 heterocycles. The van der Waals surface area contributed by atoms with Crippen LogP contribution in [-0.4, -0.2) is 17.3 Å². The first-order chi connectivity index (χ1) is 8.62. The summed E-state index contributed by atoms with van der Waals surface area (Å²) in [5.41, 5.74) is 0.797. The van der Waals surface area contributed by atoms with Gasteiger partial charge in [-0.05, 0) is 43.5 Å². The Labute approximate surface area is 107 Å². The average Bonchev–Trinajstić information content (AvgIpc) is 2.83. The zero-order chi connectivity index (χ0) is 12.8. The molecule has 0 aromatic heterocycles. The van der Waals surface area contributed by atoms with Gasteiger partial charge >= 0.3 is 0 Å². The second-order valence-corrected chi connectivity index (χ2v) is 5.71. The smallest absolute Gasteiger partial charge is 0.123 e. The molecule has 1 aromatic rings. The molecule has 0 aliphatic heterocycles. The van der Waals surface area contributed by atoms with Gasteiger partial charge in [-0.1, -0.05) is 12.8 Å². The maximum atomic E-state index is 13.0. The summed E-state index contributed by atoms with van der Waals surface area (Å²) in [5.74, 6) is 0.517. The van der Waals surface area contributed by atoms with Crippen LogP contribution in [0.3, 0.4) is 0 Å². The first-order valence-corrected chi connectivity index (χ1v) is 6.73. The van der Waals surface area contributed by atoms with E-state index in [-0.39, 0.29) is 23.4 Å². The summed E-state index contributed by atoms with van der Waals surface area (Å²) < 4.78 is 19.1. The third kappa shape index (κ3) is 1.72. The summed E-state index contributed by atoms with van der Waals surface area (Å²) in [5, 5.41) is 10.0. The van der Waals surface area contributed by atoms with Crippen LogP contribution in [0.5, 0.6) is 5.75 Å². The van der Waals surface area contributed by atoms with E-state index in [1.165, 1.54) is 25.0 Å². The molecule has 3 rings (SSSR count). The Kier molecular flexibility index (Phi) is 2.81. The average molecular weight is 250 g/mol. The van der Waals surface area contributed by atoms with Crippen LogP contribution in [0.15, 0.2) is 18.2 Å². The number of rotatable bonds is 2. The first-order valence-electron chi connectivity index (χ1n) is 6.73. The minimum atomic E-state index is -0.232. The van der Waals surface area contributed by atoms with Gasteiger partial charge < -0.3 is 9.84 Å². The van der Waals surface area contributed by atoms with E-state index in [9.17, 15) is 9.50 Å². The normalized spacial score (nSPS) is 29.3. The van der Waals surface area contributed by atoms with Crippen LogP contribution in [0.2, 0.25) is 0 Å². The number of hydrogen-bond acceptors (Lipinski definition) is 2. The van der Waals surface area contributed by atoms with Crippen LogP contribution >= 0.6 is 0 Å². The Morgan fingerprint density at radius 1 is 1.33 bits per heavy atom. The largest absolute Gasteiger partial charge is 0.489 e. The lowest BCUT2D eigenvalue weighted by atomic mass is 9.62. The summed E-state index contributed by atoms with van der Waals surface area (Å²) in [4.78, 5) is 0. The first kappa shape index (κ1) is 12.0. The number of hydrogen-bond donors (Lipinski definition) is 1. The summed E-state index contributed by atoms with van der Waals surface area (Å²) in [7, 11) is 0. The molecule has 0 bridgehead atoms. The molecule has 2 fully saturated rings. The molecule has 98 valence electrons. The Hall–Kier alpha value is -1.09. The van der Waals surface area contributed by atoms with Gasteiger partial charge in [-0.2, -0.15) is 0 Å². The van der Waals surface area contributed by atoms with E-state index in [1.807, 2.05) is 6.92 Å².